The van der Waals surface area contributed by atoms with Crippen LogP contribution in [0.15, 0.2) is 35.4 Å². The molecule has 3 N–H and O–H groups in total. The summed E-state index contributed by atoms with van der Waals surface area (Å²) < 4.78 is 0. The SMILES string of the molecule is O=C(NC1CCCCNC1=O)C1=NN(c2ccccc2)C(C(=O)O)C1. The highest BCUT2D eigenvalue weighted by Crippen LogP contribution is 2.24. The van der Waals surface area contributed by atoms with Crippen LogP contribution in [0.4, 0.5) is 5.69 Å². The zero-order chi connectivity index (χ0) is 17.8. The van der Waals surface area contributed by atoms with E-state index >= 15 is 0 Å². The highest BCUT2D eigenvalue weighted by Gasteiger charge is 2.37. The minimum absolute atomic E-state index is 0.00952. The largest absolute Gasteiger partial charge is 0.480 e. The van der Waals surface area contributed by atoms with Gasteiger partial charge in [-0.3, -0.25) is 14.6 Å². The molecule has 0 aromatic heterocycles. The number of nitrogens with one attached hydrogen (secondary N) is 2. The van der Waals surface area contributed by atoms with Gasteiger partial charge in [0, 0.05) is 13.0 Å². The number of rotatable bonds is 4. The number of para-hydroxylation sites is 1. The molecule has 3 rings (SSSR count). The van der Waals surface area contributed by atoms with Gasteiger partial charge in [0.05, 0.1) is 5.69 Å². The molecule has 2 amide bonds. The third-order valence-corrected chi connectivity index (χ3v) is 4.32. The van der Waals surface area contributed by atoms with Gasteiger partial charge in [0.15, 0.2) is 6.04 Å². The Hall–Kier alpha value is -2.90. The minimum Gasteiger partial charge on any atom is -0.480 e. The molecular formula is C17H20N4O4. The van der Waals surface area contributed by atoms with Crippen molar-refractivity contribution in [3.05, 3.63) is 30.3 Å². The van der Waals surface area contributed by atoms with Gasteiger partial charge in [-0.2, -0.15) is 5.10 Å². The monoisotopic (exact) mass is 344 g/mol. The van der Waals surface area contributed by atoms with E-state index in [0.29, 0.717) is 18.7 Å². The standard InChI is InChI=1S/C17H20N4O4/c22-15-12(8-4-5-9-18-15)19-16(23)13-10-14(17(24)25)21(20-13)11-6-2-1-3-7-11/h1-3,6-7,12,14H,4-5,8-10H2,(H,18,22)(H,19,23)(H,24,25). The molecule has 1 saturated heterocycles. The first-order valence-electron chi connectivity index (χ1n) is 8.29. The summed E-state index contributed by atoms with van der Waals surface area (Å²) in [5, 5.41) is 20.4. The Morgan fingerprint density at radius 3 is 2.72 bits per heavy atom. The zero-order valence-electron chi connectivity index (χ0n) is 13.6. The van der Waals surface area contributed by atoms with E-state index in [2.05, 4.69) is 15.7 Å². The molecular weight excluding hydrogens is 324 g/mol. The fraction of sp³-hybridized carbons (Fsp3) is 0.412. The summed E-state index contributed by atoms with van der Waals surface area (Å²) in [6, 6.07) is 7.29. The Bertz CT molecular complexity index is 704. The Morgan fingerprint density at radius 1 is 1.24 bits per heavy atom. The lowest BCUT2D eigenvalue weighted by Gasteiger charge is -2.19. The summed E-state index contributed by atoms with van der Waals surface area (Å²) in [7, 11) is 0. The third kappa shape index (κ3) is 3.78. The first-order valence-corrected chi connectivity index (χ1v) is 8.29. The van der Waals surface area contributed by atoms with Crippen LogP contribution < -0.4 is 15.6 Å². The third-order valence-electron chi connectivity index (χ3n) is 4.32. The fourth-order valence-corrected chi connectivity index (χ4v) is 2.98. The first-order chi connectivity index (χ1) is 12.1. The molecule has 1 aromatic rings. The minimum atomic E-state index is -1.05. The summed E-state index contributed by atoms with van der Waals surface area (Å²) in [6.45, 7) is 0.606. The van der Waals surface area contributed by atoms with Gasteiger partial charge < -0.3 is 15.7 Å². The van der Waals surface area contributed by atoms with Gasteiger partial charge in [-0.15, -0.1) is 0 Å². The maximum Gasteiger partial charge on any atom is 0.328 e. The number of benzene rings is 1. The molecule has 8 heteroatoms. The van der Waals surface area contributed by atoms with E-state index in [0.717, 1.165) is 12.8 Å². The highest BCUT2D eigenvalue weighted by atomic mass is 16.4. The van der Waals surface area contributed by atoms with Gasteiger partial charge in [0.25, 0.3) is 5.91 Å². The zero-order valence-corrected chi connectivity index (χ0v) is 13.6. The molecule has 2 heterocycles. The van der Waals surface area contributed by atoms with Crippen LogP contribution >= 0.6 is 0 Å². The molecule has 0 bridgehead atoms. The molecule has 0 saturated carbocycles. The van der Waals surface area contributed by atoms with E-state index in [1.807, 2.05) is 6.07 Å². The van der Waals surface area contributed by atoms with Crippen molar-refractivity contribution < 1.29 is 19.5 Å². The Kier molecular flexibility index (Phi) is 4.97. The van der Waals surface area contributed by atoms with Gasteiger partial charge >= 0.3 is 5.97 Å². The van der Waals surface area contributed by atoms with Crippen LogP contribution in [0.5, 0.6) is 0 Å². The smallest absolute Gasteiger partial charge is 0.328 e. The van der Waals surface area contributed by atoms with Crippen LogP contribution in [0, 0.1) is 0 Å². The van der Waals surface area contributed by atoms with Crippen molar-refractivity contribution in [1.82, 2.24) is 10.6 Å². The van der Waals surface area contributed by atoms with E-state index in [9.17, 15) is 19.5 Å². The Balaban J connectivity index is 1.76. The molecule has 1 aromatic carbocycles. The van der Waals surface area contributed by atoms with E-state index in [1.54, 1.807) is 24.3 Å². The van der Waals surface area contributed by atoms with Crippen molar-refractivity contribution in [1.29, 1.82) is 0 Å². The predicted molar refractivity (Wildman–Crippen MR) is 91.2 cm³/mol. The maximum atomic E-state index is 12.5. The van der Waals surface area contributed by atoms with Gasteiger partial charge in [0.1, 0.15) is 11.8 Å². The van der Waals surface area contributed by atoms with Crippen molar-refractivity contribution >= 4 is 29.2 Å². The number of carbonyl (C=O) groups is 3. The number of hydrogen-bond donors (Lipinski definition) is 3. The summed E-state index contributed by atoms with van der Waals surface area (Å²) in [4.78, 5) is 36.0. The summed E-state index contributed by atoms with van der Waals surface area (Å²) in [6.07, 6.45) is 2.27. The number of hydrogen-bond acceptors (Lipinski definition) is 5. The molecule has 8 nitrogen and oxygen atoms in total. The van der Waals surface area contributed by atoms with E-state index in [-0.39, 0.29) is 18.0 Å². The average molecular weight is 344 g/mol. The molecule has 25 heavy (non-hydrogen) atoms. The van der Waals surface area contributed by atoms with Crippen molar-refractivity contribution in [3.8, 4) is 0 Å². The molecule has 0 aliphatic carbocycles. The van der Waals surface area contributed by atoms with Crippen LogP contribution in [-0.2, 0) is 14.4 Å². The van der Waals surface area contributed by atoms with Crippen LogP contribution in [-0.4, -0.2) is 47.2 Å². The molecule has 0 spiro atoms. The molecule has 0 radical (unpaired) electrons. The van der Waals surface area contributed by atoms with E-state index in [4.69, 9.17) is 0 Å². The quantitative estimate of drug-likeness (QED) is 0.736. The molecule has 2 aliphatic rings. The van der Waals surface area contributed by atoms with Crippen LogP contribution in [0.2, 0.25) is 0 Å². The number of carboxylic acid groups (broad SMARTS) is 1. The van der Waals surface area contributed by atoms with Crippen molar-refractivity contribution in [2.75, 3.05) is 11.6 Å². The maximum absolute atomic E-state index is 12.5. The van der Waals surface area contributed by atoms with Crippen LogP contribution in [0.25, 0.3) is 0 Å². The molecule has 2 unspecified atom stereocenters. The van der Waals surface area contributed by atoms with Gasteiger partial charge in [-0.05, 0) is 31.4 Å². The highest BCUT2D eigenvalue weighted by molar-refractivity contribution is 6.40. The van der Waals surface area contributed by atoms with E-state index < -0.39 is 24.0 Å². The Labute approximate surface area is 144 Å². The Morgan fingerprint density at radius 2 is 2.00 bits per heavy atom. The van der Waals surface area contributed by atoms with Gasteiger partial charge in [0.2, 0.25) is 5.91 Å². The number of carbonyl (C=O) groups excluding carboxylic acids is 2. The second-order valence-corrected chi connectivity index (χ2v) is 6.10. The van der Waals surface area contributed by atoms with Crippen molar-refractivity contribution in [3.63, 3.8) is 0 Å². The lowest BCUT2D eigenvalue weighted by molar-refractivity contribution is -0.138. The van der Waals surface area contributed by atoms with Crippen molar-refractivity contribution in [2.24, 2.45) is 5.10 Å². The number of anilines is 1. The normalized spacial score (nSPS) is 23.4. The predicted octanol–water partition coefficient (Wildman–Crippen LogP) is 0.491. The molecule has 2 aliphatic heterocycles. The second-order valence-electron chi connectivity index (χ2n) is 6.10. The lowest BCUT2D eigenvalue weighted by Crippen LogP contribution is -2.47. The van der Waals surface area contributed by atoms with Crippen LogP contribution in [0.3, 0.4) is 0 Å². The number of hydrazone groups is 1. The summed E-state index contributed by atoms with van der Waals surface area (Å²) >= 11 is 0. The number of amides is 2. The summed E-state index contributed by atoms with van der Waals surface area (Å²) in [5.74, 6) is -1.76. The average Bonchev–Trinajstić information content (AvgIpc) is 2.97. The van der Waals surface area contributed by atoms with Gasteiger partial charge in [-0.1, -0.05) is 18.2 Å². The van der Waals surface area contributed by atoms with Gasteiger partial charge in [-0.25, -0.2) is 4.79 Å². The number of carboxylic acids is 1. The molecule has 132 valence electrons. The summed E-state index contributed by atoms with van der Waals surface area (Å²) in [5.41, 5.74) is 0.721. The number of aliphatic carboxylic acids is 1. The lowest BCUT2D eigenvalue weighted by atomic mass is 10.1. The number of nitrogens with zero attached hydrogens (tertiary/aromatic N) is 2. The molecule has 2 atom stereocenters. The fourth-order valence-electron chi connectivity index (χ4n) is 2.98. The second kappa shape index (κ2) is 7.33. The van der Waals surface area contributed by atoms with E-state index in [1.165, 1.54) is 5.01 Å². The van der Waals surface area contributed by atoms with Crippen molar-refractivity contribution in [2.45, 2.75) is 37.8 Å². The molecule has 1 fully saturated rings. The first kappa shape index (κ1) is 16.9. The topological polar surface area (TPSA) is 111 Å². The van der Waals surface area contributed by atoms with Crippen LogP contribution in [0.1, 0.15) is 25.7 Å².